The topological polar surface area (TPSA) is 55.0 Å². The molecule has 0 fully saturated rings. The third-order valence-corrected chi connectivity index (χ3v) is 2.07. The Morgan fingerprint density at radius 2 is 2.50 bits per heavy atom. The number of carbonyl (C=O) groups is 1. The van der Waals surface area contributed by atoms with Crippen molar-refractivity contribution in [1.82, 2.24) is 9.97 Å². The molecule has 0 atom stereocenters. The summed E-state index contributed by atoms with van der Waals surface area (Å²) >= 11 is 8.53. The fraction of sp³-hybridized carbons (Fsp3) is 0.250. The number of ether oxygens (including phenoxy) is 1. The Hall–Kier alpha value is -0.810. The summed E-state index contributed by atoms with van der Waals surface area (Å²) < 4.78 is 5.28. The minimum Gasteiger partial charge on any atom is -0.461 e. The van der Waals surface area contributed by atoms with Gasteiger partial charge in [0.1, 0.15) is 10.4 Å². The average Bonchev–Trinajstić information content (AvgIpc) is 2.48. The van der Waals surface area contributed by atoms with E-state index in [4.69, 9.17) is 16.3 Å². The van der Waals surface area contributed by atoms with Crippen LogP contribution in [0, 0.1) is 0 Å². The lowest BCUT2D eigenvalue weighted by atomic mass is 10.5. The highest BCUT2D eigenvalue weighted by Crippen LogP contribution is 2.15. The molecule has 6 heteroatoms. The lowest BCUT2D eigenvalue weighted by molar-refractivity contribution is 0.0519. The second kappa shape index (κ2) is 5.17. The molecule has 1 rings (SSSR count). The number of esters is 1. The molecule has 0 aliphatic rings. The van der Waals surface area contributed by atoms with Gasteiger partial charge in [-0.15, -0.1) is 0 Å². The summed E-state index contributed by atoms with van der Waals surface area (Å²) in [5.74, 6) is 0.0276. The molecule has 14 heavy (non-hydrogen) atoms. The van der Waals surface area contributed by atoms with Gasteiger partial charge in [0, 0.05) is 5.54 Å². The normalized spacial score (nSPS) is 10.8. The summed E-state index contributed by atoms with van der Waals surface area (Å²) in [7, 11) is 0. The van der Waals surface area contributed by atoms with Gasteiger partial charge in [-0.25, -0.2) is 9.78 Å². The first-order valence-corrected chi connectivity index (χ1v) is 5.11. The molecule has 0 saturated heterocycles. The van der Waals surface area contributed by atoms with Crippen molar-refractivity contribution < 1.29 is 9.53 Å². The molecule has 1 N–H and O–H groups in total. The quantitative estimate of drug-likeness (QED) is 0.865. The number of carbonyl (C=O) groups excluding carboxylic acids is 1. The molecule has 0 amide bonds. The summed E-state index contributed by atoms with van der Waals surface area (Å²) in [6, 6.07) is 0. The zero-order valence-corrected chi connectivity index (χ0v) is 9.72. The third-order valence-electron chi connectivity index (χ3n) is 1.37. The van der Waals surface area contributed by atoms with Crippen LogP contribution in [0.2, 0.25) is 0 Å². The minimum atomic E-state index is -0.468. The largest absolute Gasteiger partial charge is 0.461 e. The van der Waals surface area contributed by atoms with E-state index in [9.17, 15) is 4.79 Å². The van der Waals surface area contributed by atoms with Crippen LogP contribution in [0.1, 0.15) is 23.2 Å². The first-order valence-electron chi connectivity index (χ1n) is 3.88. The molecule has 0 unspecified atom stereocenters. The van der Waals surface area contributed by atoms with Crippen LogP contribution in [0.25, 0.3) is 6.08 Å². The number of imidazole rings is 1. The lowest BCUT2D eigenvalue weighted by Crippen LogP contribution is -2.05. The summed E-state index contributed by atoms with van der Waals surface area (Å²) in [5, 5.41) is 0. The van der Waals surface area contributed by atoms with E-state index in [1.807, 2.05) is 0 Å². The van der Waals surface area contributed by atoms with Gasteiger partial charge in [0.05, 0.1) is 6.61 Å². The Balaban J connectivity index is 2.92. The van der Waals surface area contributed by atoms with E-state index in [1.165, 1.54) is 11.6 Å². The van der Waals surface area contributed by atoms with Gasteiger partial charge < -0.3 is 9.72 Å². The van der Waals surface area contributed by atoms with E-state index in [0.29, 0.717) is 17.0 Å². The van der Waals surface area contributed by atoms with Crippen LogP contribution in [-0.2, 0) is 4.74 Å². The van der Waals surface area contributed by atoms with Gasteiger partial charge in [0.25, 0.3) is 0 Å². The van der Waals surface area contributed by atoms with Gasteiger partial charge in [0.2, 0.25) is 0 Å². The molecule has 0 radical (unpaired) electrons. The second-order valence-corrected chi connectivity index (χ2v) is 3.34. The number of aromatic nitrogens is 2. The van der Waals surface area contributed by atoms with Crippen LogP contribution in [0.3, 0.4) is 0 Å². The molecule has 0 saturated carbocycles. The van der Waals surface area contributed by atoms with E-state index in [0.717, 1.165) is 0 Å². The number of nitrogens with one attached hydrogen (secondary N) is 1. The summed E-state index contributed by atoms with van der Waals surface area (Å²) in [4.78, 5) is 18.1. The lowest BCUT2D eigenvalue weighted by Gasteiger charge is -1.96. The van der Waals surface area contributed by atoms with Gasteiger partial charge in [-0.05, 0) is 28.9 Å². The van der Waals surface area contributed by atoms with Crippen molar-refractivity contribution in [1.29, 1.82) is 0 Å². The van der Waals surface area contributed by atoms with Gasteiger partial charge >= 0.3 is 5.97 Å². The highest BCUT2D eigenvalue weighted by atomic mass is 79.9. The van der Waals surface area contributed by atoms with Gasteiger partial charge in [-0.3, -0.25) is 0 Å². The van der Waals surface area contributed by atoms with E-state index in [2.05, 4.69) is 25.9 Å². The van der Waals surface area contributed by atoms with Crippen molar-refractivity contribution in [2.45, 2.75) is 6.92 Å². The maximum absolute atomic E-state index is 11.3. The predicted molar refractivity (Wildman–Crippen MR) is 57.1 cm³/mol. The number of aromatic amines is 1. The number of hydrogen-bond donors (Lipinski definition) is 1. The van der Waals surface area contributed by atoms with Crippen molar-refractivity contribution >= 4 is 39.6 Å². The Morgan fingerprint density at radius 3 is 3.07 bits per heavy atom. The summed E-state index contributed by atoms with van der Waals surface area (Å²) in [6.07, 6.45) is 1.54. The van der Waals surface area contributed by atoms with E-state index < -0.39 is 5.97 Å². The Labute approximate surface area is 94.4 Å². The zero-order valence-electron chi connectivity index (χ0n) is 7.38. The third kappa shape index (κ3) is 2.59. The number of H-pyrrole nitrogens is 1. The number of nitrogens with zero attached hydrogens (tertiary/aromatic N) is 1. The van der Waals surface area contributed by atoms with Crippen molar-refractivity contribution in [3.05, 3.63) is 21.7 Å². The fourth-order valence-corrected chi connectivity index (χ4v) is 1.42. The van der Waals surface area contributed by atoms with E-state index >= 15 is 0 Å². The van der Waals surface area contributed by atoms with Crippen molar-refractivity contribution in [3.8, 4) is 0 Å². The smallest absolute Gasteiger partial charge is 0.359 e. The van der Waals surface area contributed by atoms with Crippen LogP contribution < -0.4 is 0 Å². The molecule has 4 nitrogen and oxygen atoms in total. The minimum absolute atomic E-state index is 0.219. The first-order chi connectivity index (χ1) is 6.69. The number of rotatable bonds is 3. The molecule has 0 bridgehead atoms. The highest BCUT2D eigenvalue weighted by Gasteiger charge is 2.15. The fourth-order valence-electron chi connectivity index (χ4n) is 0.842. The Morgan fingerprint density at radius 1 is 1.79 bits per heavy atom. The van der Waals surface area contributed by atoms with Gasteiger partial charge in [-0.2, -0.15) is 0 Å². The average molecular weight is 280 g/mol. The Bertz CT molecular complexity index is 362. The highest BCUT2D eigenvalue weighted by molar-refractivity contribution is 9.10. The molecular weight excluding hydrogens is 271 g/mol. The van der Waals surface area contributed by atoms with Gasteiger partial charge in [0.15, 0.2) is 5.69 Å². The zero-order chi connectivity index (χ0) is 10.6. The molecule has 0 aliphatic heterocycles. The Kier molecular flexibility index (Phi) is 4.16. The molecule has 0 spiro atoms. The predicted octanol–water partition coefficient (Wildman–Crippen LogP) is 2.56. The van der Waals surface area contributed by atoms with Gasteiger partial charge in [-0.1, -0.05) is 11.6 Å². The SMILES string of the molecule is CCOC(=O)c1nc(/C=C\Cl)[nH]c1Br. The number of halogens is 2. The van der Waals surface area contributed by atoms with Crippen LogP contribution in [0.15, 0.2) is 10.1 Å². The molecule has 76 valence electrons. The van der Waals surface area contributed by atoms with Crippen LogP contribution in [0.5, 0.6) is 0 Å². The van der Waals surface area contributed by atoms with Crippen molar-refractivity contribution in [3.63, 3.8) is 0 Å². The monoisotopic (exact) mass is 278 g/mol. The molecular formula is C8H8BrClN2O2. The van der Waals surface area contributed by atoms with Crippen LogP contribution >= 0.6 is 27.5 Å². The van der Waals surface area contributed by atoms with E-state index in [-0.39, 0.29) is 5.69 Å². The number of hydrogen-bond acceptors (Lipinski definition) is 3. The molecule has 1 heterocycles. The van der Waals surface area contributed by atoms with Crippen molar-refractivity contribution in [2.75, 3.05) is 6.61 Å². The van der Waals surface area contributed by atoms with Crippen LogP contribution in [0.4, 0.5) is 0 Å². The van der Waals surface area contributed by atoms with Crippen molar-refractivity contribution in [2.24, 2.45) is 0 Å². The molecule has 1 aromatic heterocycles. The van der Waals surface area contributed by atoms with Crippen LogP contribution in [-0.4, -0.2) is 22.5 Å². The molecule has 1 aromatic rings. The first kappa shape index (κ1) is 11.3. The maximum atomic E-state index is 11.3. The second-order valence-electron chi connectivity index (χ2n) is 2.30. The summed E-state index contributed by atoms with van der Waals surface area (Å²) in [5.41, 5.74) is 1.52. The van der Waals surface area contributed by atoms with E-state index in [1.54, 1.807) is 6.92 Å². The molecule has 0 aromatic carbocycles. The standard InChI is InChI=1S/C8H8BrClN2O2/c1-2-14-8(13)6-7(9)12-5(11-6)3-4-10/h3-4H,2H2,1H3,(H,11,12)/b4-3-. The molecule has 0 aliphatic carbocycles. The summed E-state index contributed by atoms with van der Waals surface area (Å²) in [6.45, 7) is 2.05. The maximum Gasteiger partial charge on any atom is 0.359 e.